The zero-order valence-corrected chi connectivity index (χ0v) is 11.3. The van der Waals surface area contributed by atoms with Gasteiger partial charge in [-0.2, -0.15) is 0 Å². The number of carbonyl (C=O) groups excluding carboxylic acids is 1. The van der Waals surface area contributed by atoms with Gasteiger partial charge in [0.2, 0.25) is 0 Å². The molecule has 0 aromatic rings. The molecule has 0 aliphatic rings. The molecule has 0 rings (SSSR count). The topological polar surface area (TPSA) is 44.8 Å². The summed E-state index contributed by atoms with van der Waals surface area (Å²) in [6.45, 7) is 10.2. The lowest BCUT2D eigenvalue weighted by Crippen LogP contribution is -2.30. The van der Waals surface area contributed by atoms with E-state index < -0.39 is 5.60 Å². The summed E-state index contributed by atoms with van der Waals surface area (Å²) in [5.41, 5.74) is -0.739. The maximum absolute atomic E-state index is 11.3. The van der Waals surface area contributed by atoms with Crippen LogP contribution in [0.15, 0.2) is 0 Å². The molecule has 0 atom stereocenters. The smallest absolute Gasteiger partial charge is 0.308 e. The van der Waals surface area contributed by atoms with Crippen molar-refractivity contribution in [3.63, 3.8) is 0 Å². The van der Waals surface area contributed by atoms with Crippen LogP contribution in [-0.4, -0.2) is 37.5 Å². The minimum Gasteiger partial charge on any atom is -0.460 e. The quantitative estimate of drug-likeness (QED) is 0.520. The highest BCUT2D eigenvalue weighted by atomic mass is 16.6. The molecule has 0 aromatic heterocycles. The Kier molecular flexibility index (Phi) is 5.97. The van der Waals surface area contributed by atoms with Gasteiger partial charge in [-0.3, -0.25) is 4.79 Å². The van der Waals surface area contributed by atoms with Gasteiger partial charge in [0, 0.05) is 7.11 Å². The molecule has 16 heavy (non-hydrogen) atoms. The van der Waals surface area contributed by atoms with Crippen molar-refractivity contribution in [1.82, 2.24) is 0 Å². The first-order chi connectivity index (χ1) is 7.16. The summed E-state index contributed by atoms with van der Waals surface area (Å²) in [5.74, 6) is -0.234. The Morgan fingerprint density at radius 1 is 1.12 bits per heavy atom. The van der Waals surface area contributed by atoms with E-state index in [4.69, 9.17) is 14.2 Å². The van der Waals surface area contributed by atoms with E-state index in [1.54, 1.807) is 7.11 Å². The maximum atomic E-state index is 11.3. The largest absolute Gasteiger partial charge is 0.460 e. The van der Waals surface area contributed by atoms with Crippen LogP contribution in [0.1, 0.15) is 41.0 Å². The third-order valence-corrected chi connectivity index (χ3v) is 1.87. The molecule has 0 aliphatic carbocycles. The van der Waals surface area contributed by atoms with Crippen LogP contribution >= 0.6 is 0 Å². The Hall–Kier alpha value is -0.610. The third-order valence-electron chi connectivity index (χ3n) is 1.87. The minimum atomic E-state index is -0.428. The first kappa shape index (κ1) is 15.4. The van der Waals surface area contributed by atoms with Crippen LogP contribution in [0.2, 0.25) is 0 Å². The molecule has 4 nitrogen and oxygen atoms in total. The second-order valence-electron chi connectivity index (χ2n) is 5.35. The van der Waals surface area contributed by atoms with E-state index in [9.17, 15) is 4.79 Å². The number of esters is 1. The maximum Gasteiger partial charge on any atom is 0.308 e. The fraction of sp³-hybridized carbons (Fsp3) is 0.917. The molecule has 0 saturated heterocycles. The molecule has 0 bridgehead atoms. The van der Waals surface area contributed by atoms with Crippen molar-refractivity contribution in [3.05, 3.63) is 0 Å². The van der Waals surface area contributed by atoms with Crippen molar-refractivity contribution in [2.75, 3.05) is 20.3 Å². The summed E-state index contributed by atoms with van der Waals surface area (Å²) >= 11 is 0. The average Bonchev–Trinajstić information content (AvgIpc) is 2.10. The van der Waals surface area contributed by atoms with Gasteiger partial charge in [-0.05, 0) is 34.6 Å². The van der Waals surface area contributed by atoms with Crippen molar-refractivity contribution in [2.24, 2.45) is 0 Å². The molecule has 0 saturated carbocycles. The Morgan fingerprint density at radius 2 is 1.69 bits per heavy atom. The number of hydrogen-bond acceptors (Lipinski definition) is 4. The van der Waals surface area contributed by atoms with Gasteiger partial charge < -0.3 is 14.2 Å². The van der Waals surface area contributed by atoms with Crippen molar-refractivity contribution >= 4 is 5.97 Å². The van der Waals surface area contributed by atoms with Gasteiger partial charge in [0.05, 0.1) is 25.2 Å². The monoisotopic (exact) mass is 232 g/mol. The summed E-state index contributed by atoms with van der Waals surface area (Å²) in [6, 6.07) is 0. The van der Waals surface area contributed by atoms with Crippen molar-refractivity contribution in [1.29, 1.82) is 0 Å². The van der Waals surface area contributed by atoms with E-state index >= 15 is 0 Å². The Bertz CT molecular complexity index is 216. The number of carbonyl (C=O) groups is 1. The number of ether oxygens (including phenoxy) is 3. The molecule has 0 fully saturated rings. The predicted octanol–water partition coefficient (Wildman–Crippen LogP) is 2.16. The van der Waals surface area contributed by atoms with Crippen LogP contribution in [-0.2, 0) is 19.0 Å². The second-order valence-corrected chi connectivity index (χ2v) is 5.35. The fourth-order valence-corrected chi connectivity index (χ4v) is 0.925. The Balaban J connectivity index is 3.64. The van der Waals surface area contributed by atoms with Gasteiger partial charge in [0.25, 0.3) is 0 Å². The van der Waals surface area contributed by atoms with Gasteiger partial charge in [-0.1, -0.05) is 0 Å². The van der Waals surface area contributed by atoms with E-state index in [1.165, 1.54) is 0 Å². The SMILES string of the molecule is COC(C)(C)COCCC(=O)OC(C)(C)C. The number of hydrogen-bond donors (Lipinski definition) is 0. The van der Waals surface area contributed by atoms with Crippen LogP contribution < -0.4 is 0 Å². The van der Waals surface area contributed by atoms with E-state index in [0.717, 1.165) is 0 Å². The van der Waals surface area contributed by atoms with Gasteiger partial charge in [0.1, 0.15) is 5.60 Å². The van der Waals surface area contributed by atoms with Gasteiger partial charge >= 0.3 is 5.97 Å². The lowest BCUT2D eigenvalue weighted by Gasteiger charge is -2.23. The van der Waals surface area contributed by atoms with Gasteiger partial charge in [0.15, 0.2) is 0 Å². The molecule has 0 amide bonds. The van der Waals surface area contributed by atoms with E-state index in [0.29, 0.717) is 13.2 Å². The number of rotatable bonds is 6. The molecule has 0 spiro atoms. The predicted molar refractivity (Wildman–Crippen MR) is 62.4 cm³/mol. The molecule has 0 unspecified atom stereocenters. The molecule has 4 heteroatoms. The first-order valence-electron chi connectivity index (χ1n) is 5.51. The molecule has 0 aromatic carbocycles. The first-order valence-corrected chi connectivity index (χ1v) is 5.51. The standard InChI is InChI=1S/C12H24O4/c1-11(2,3)16-10(13)7-8-15-9-12(4,5)14-6/h7-9H2,1-6H3. The fourth-order valence-electron chi connectivity index (χ4n) is 0.925. The second kappa shape index (κ2) is 6.21. The Labute approximate surface area is 98.3 Å². The van der Waals surface area contributed by atoms with Crippen LogP contribution in [0.3, 0.4) is 0 Å². The highest BCUT2D eigenvalue weighted by Crippen LogP contribution is 2.10. The highest BCUT2D eigenvalue weighted by molar-refractivity contribution is 5.69. The molecule has 0 heterocycles. The summed E-state index contributed by atoms with van der Waals surface area (Å²) < 4.78 is 15.7. The lowest BCUT2D eigenvalue weighted by atomic mass is 10.1. The normalized spacial score (nSPS) is 12.6. The molecule has 96 valence electrons. The van der Waals surface area contributed by atoms with E-state index in [2.05, 4.69) is 0 Å². The van der Waals surface area contributed by atoms with E-state index in [1.807, 2.05) is 34.6 Å². The summed E-state index contributed by atoms with van der Waals surface area (Å²) in [4.78, 5) is 11.3. The zero-order valence-electron chi connectivity index (χ0n) is 11.3. The third kappa shape index (κ3) is 8.68. The van der Waals surface area contributed by atoms with Crippen LogP contribution in [0.4, 0.5) is 0 Å². The summed E-state index contributed by atoms with van der Waals surface area (Å²) in [5, 5.41) is 0. The van der Waals surface area contributed by atoms with Crippen LogP contribution in [0.25, 0.3) is 0 Å². The molecule has 0 radical (unpaired) electrons. The molecule has 0 aliphatic heterocycles. The molecule has 0 N–H and O–H groups in total. The minimum absolute atomic E-state index is 0.234. The lowest BCUT2D eigenvalue weighted by molar-refractivity contribution is -0.156. The summed E-state index contributed by atoms with van der Waals surface area (Å²) in [6.07, 6.45) is 0.275. The average molecular weight is 232 g/mol. The van der Waals surface area contributed by atoms with Crippen molar-refractivity contribution in [2.45, 2.75) is 52.2 Å². The van der Waals surface area contributed by atoms with Crippen molar-refractivity contribution < 1.29 is 19.0 Å². The zero-order chi connectivity index (χ0) is 12.8. The van der Waals surface area contributed by atoms with Crippen LogP contribution in [0.5, 0.6) is 0 Å². The van der Waals surface area contributed by atoms with Gasteiger partial charge in [-0.15, -0.1) is 0 Å². The molecular weight excluding hydrogens is 208 g/mol. The van der Waals surface area contributed by atoms with E-state index in [-0.39, 0.29) is 18.0 Å². The van der Waals surface area contributed by atoms with Gasteiger partial charge in [-0.25, -0.2) is 0 Å². The van der Waals surface area contributed by atoms with Crippen molar-refractivity contribution in [3.8, 4) is 0 Å². The van der Waals surface area contributed by atoms with Crippen LogP contribution in [0, 0.1) is 0 Å². The summed E-state index contributed by atoms with van der Waals surface area (Å²) in [7, 11) is 1.64. The Morgan fingerprint density at radius 3 is 2.12 bits per heavy atom. The highest BCUT2D eigenvalue weighted by Gasteiger charge is 2.18. The molecular formula is C12H24O4. The number of methoxy groups -OCH3 is 1.